The van der Waals surface area contributed by atoms with E-state index in [9.17, 15) is 19.5 Å². The molecule has 0 aliphatic heterocycles. The highest BCUT2D eigenvalue weighted by Gasteiger charge is 2.48. The molecule has 1 heterocycles. The summed E-state index contributed by atoms with van der Waals surface area (Å²) in [5.41, 5.74) is 1.96. The maximum Gasteiger partial charge on any atom is 0.341 e. The van der Waals surface area contributed by atoms with Crippen LogP contribution >= 0.6 is 11.3 Å². The topological polar surface area (TPSA) is 92.7 Å². The van der Waals surface area contributed by atoms with Crippen LogP contribution in [-0.4, -0.2) is 30.1 Å². The normalized spacial score (nSPS) is 24.1. The minimum Gasteiger partial charge on any atom is -0.481 e. The third-order valence-corrected chi connectivity index (χ3v) is 7.58. The number of fused-ring (bicyclic) bond motifs is 2. The first-order valence-corrected chi connectivity index (χ1v) is 11.3. The van der Waals surface area contributed by atoms with Crippen LogP contribution in [-0.2, 0) is 20.7 Å². The van der Waals surface area contributed by atoms with Crippen LogP contribution in [0.1, 0.15) is 35.0 Å². The second kappa shape index (κ2) is 8.67. The van der Waals surface area contributed by atoms with Gasteiger partial charge in [-0.15, -0.1) is 11.3 Å². The number of carboxylic acids is 1. The van der Waals surface area contributed by atoms with Crippen LogP contribution in [0.4, 0.5) is 5.00 Å². The number of hydrogen-bond donors (Lipinski definition) is 2. The van der Waals surface area contributed by atoms with Gasteiger partial charge in [0.15, 0.2) is 0 Å². The number of anilines is 1. The minimum absolute atomic E-state index is 0.105. The number of carbonyl (C=O) groups is 3. The van der Waals surface area contributed by atoms with Crippen molar-refractivity contribution in [3.63, 3.8) is 0 Å². The van der Waals surface area contributed by atoms with E-state index in [1.807, 2.05) is 49.4 Å². The summed E-state index contributed by atoms with van der Waals surface area (Å²) in [5.74, 6) is -3.45. The summed E-state index contributed by atoms with van der Waals surface area (Å²) in [5, 5.41) is 13.1. The van der Waals surface area contributed by atoms with Gasteiger partial charge in [0.2, 0.25) is 5.91 Å². The molecule has 0 spiro atoms. The van der Waals surface area contributed by atoms with Gasteiger partial charge in [-0.2, -0.15) is 0 Å². The molecule has 3 aliphatic carbocycles. The fraction of sp³-hybridized carbons (Fsp3) is 0.375. The number of aliphatic carboxylic acids is 1. The lowest BCUT2D eigenvalue weighted by molar-refractivity contribution is -0.151. The molecule has 5 rings (SSSR count). The van der Waals surface area contributed by atoms with Crippen molar-refractivity contribution >= 4 is 34.2 Å². The van der Waals surface area contributed by atoms with Gasteiger partial charge in [0.05, 0.1) is 18.9 Å². The first kappa shape index (κ1) is 21.3. The molecule has 31 heavy (non-hydrogen) atoms. The third kappa shape index (κ3) is 3.78. The molecule has 4 atom stereocenters. The summed E-state index contributed by atoms with van der Waals surface area (Å²) in [6.45, 7) is 2.00. The zero-order valence-corrected chi connectivity index (χ0v) is 18.3. The molecule has 3 aliphatic rings. The molecule has 1 fully saturated rings. The highest BCUT2D eigenvalue weighted by Crippen LogP contribution is 2.47. The maximum atomic E-state index is 13.3. The third-order valence-electron chi connectivity index (χ3n) is 6.33. The lowest BCUT2D eigenvalue weighted by Gasteiger charge is -2.41. The summed E-state index contributed by atoms with van der Waals surface area (Å²) in [7, 11) is 1.32. The average molecular weight is 440 g/mol. The number of aryl methyl sites for hydroxylation is 1. The Labute approximate surface area is 184 Å². The Hall–Kier alpha value is -2.93. The first-order chi connectivity index (χ1) is 15.0. The molecule has 6 nitrogen and oxygen atoms in total. The number of esters is 1. The molecular formula is C24H25NO5S. The Morgan fingerprint density at radius 3 is 2.29 bits per heavy atom. The van der Waals surface area contributed by atoms with E-state index < -0.39 is 23.8 Å². The Kier molecular flexibility index (Phi) is 5.96. The lowest BCUT2D eigenvalue weighted by atomic mass is 9.62. The highest BCUT2D eigenvalue weighted by atomic mass is 32.1. The van der Waals surface area contributed by atoms with Crippen molar-refractivity contribution in [1.29, 1.82) is 0 Å². The van der Waals surface area contributed by atoms with Crippen molar-refractivity contribution < 1.29 is 24.2 Å². The summed E-state index contributed by atoms with van der Waals surface area (Å²) in [6, 6.07) is 9.54. The number of hydrogen-bond acceptors (Lipinski definition) is 5. The quantitative estimate of drug-likeness (QED) is 0.506. The molecule has 7 heteroatoms. The van der Waals surface area contributed by atoms with E-state index in [4.69, 9.17) is 4.74 Å². The number of amides is 1. The number of methoxy groups -OCH3 is 1. The summed E-state index contributed by atoms with van der Waals surface area (Å²) in [6.07, 6.45) is 6.17. The molecule has 0 radical (unpaired) electrons. The molecule has 1 amide bonds. The van der Waals surface area contributed by atoms with Gasteiger partial charge in [-0.05, 0) is 36.7 Å². The molecule has 1 aromatic carbocycles. The van der Waals surface area contributed by atoms with Crippen molar-refractivity contribution in [3.8, 4) is 11.1 Å². The van der Waals surface area contributed by atoms with Gasteiger partial charge in [-0.3, -0.25) is 9.59 Å². The molecule has 0 saturated heterocycles. The number of carboxylic acid groups (broad SMARTS) is 1. The minimum atomic E-state index is -0.946. The monoisotopic (exact) mass is 439 g/mol. The van der Waals surface area contributed by atoms with E-state index in [1.54, 1.807) is 0 Å². The van der Waals surface area contributed by atoms with Crippen LogP contribution in [0, 0.1) is 23.7 Å². The van der Waals surface area contributed by atoms with Gasteiger partial charge in [0.1, 0.15) is 10.6 Å². The van der Waals surface area contributed by atoms with E-state index >= 15 is 0 Å². The lowest BCUT2D eigenvalue weighted by Crippen LogP contribution is -2.47. The van der Waals surface area contributed by atoms with E-state index in [2.05, 4.69) is 5.32 Å². The molecule has 1 saturated carbocycles. The van der Waals surface area contributed by atoms with Crippen molar-refractivity contribution in [1.82, 2.24) is 0 Å². The van der Waals surface area contributed by atoms with Crippen LogP contribution in [0.5, 0.6) is 0 Å². The molecule has 2 bridgehead atoms. The first-order valence-electron chi connectivity index (χ1n) is 10.5. The fourth-order valence-corrected chi connectivity index (χ4v) is 6.06. The standard InChI is InChI=1S/C24H25NO5S/c1-3-16-17(13-7-5-4-6-8-13)20(24(29)30-2)22(31-16)25-21(26)18-14-9-11-15(12-10-14)19(18)23(27)28/h4-9,11,14-15,18-19H,3,10,12H2,1-2H3,(H,25,26)(H,27,28)/t14-,15-,18-,19+/m0/s1. The number of allylic oxidation sites excluding steroid dienone is 2. The molecule has 2 aromatic rings. The van der Waals surface area contributed by atoms with Crippen molar-refractivity contribution in [2.45, 2.75) is 26.2 Å². The van der Waals surface area contributed by atoms with Crippen molar-refractivity contribution in [2.75, 3.05) is 12.4 Å². The second-order valence-electron chi connectivity index (χ2n) is 7.98. The molecule has 162 valence electrons. The van der Waals surface area contributed by atoms with Gasteiger partial charge < -0.3 is 15.2 Å². The van der Waals surface area contributed by atoms with Gasteiger partial charge in [-0.1, -0.05) is 49.4 Å². The van der Waals surface area contributed by atoms with Crippen LogP contribution < -0.4 is 5.32 Å². The number of rotatable bonds is 6. The average Bonchev–Trinajstić information content (AvgIpc) is 3.17. The van der Waals surface area contributed by atoms with E-state index in [-0.39, 0.29) is 17.7 Å². The summed E-state index contributed by atoms with van der Waals surface area (Å²) < 4.78 is 5.04. The predicted octanol–water partition coefficient (Wildman–Crippen LogP) is 4.62. The van der Waals surface area contributed by atoms with Crippen LogP contribution in [0.25, 0.3) is 11.1 Å². The predicted molar refractivity (Wildman–Crippen MR) is 119 cm³/mol. The van der Waals surface area contributed by atoms with E-state index in [0.717, 1.165) is 28.8 Å². The Balaban J connectivity index is 1.74. The Morgan fingerprint density at radius 1 is 1.10 bits per heavy atom. The molecule has 2 N–H and O–H groups in total. The fourth-order valence-electron chi connectivity index (χ4n) is 4.91. The summed E-state index contributed by atoms with van der Waals surface area (Å²) >= 11 is 1.35. The van der Waals surface area contributed by atoms with E-state index in [1.165, 1.54) is 18.4 Å². The smallest absolute Gasteiger partial charge is 0.341 e. The second-order valence-corrected chi connectivity index (χ2v) is 9.09. The molecule has 0 unspecified atom stereocenters. The zero-order valence-electron chi connectivity index (χ0n) is 17.5. The van der Waals surface area contributed by atoms with E-state index in [0.29, 0.717) is 17.0 Å². The van der Waals surface area contributed by atoms with Gasteiger partial charge in [0.25, 0.3) is 0 Å². The number of thiophene rings is 1. The number of nitrogens with one attached hydrogen (secondary N) is 1. The van der Waals surface area contributed by atoms with Crippen LogP contribution in [0.15, 0.2) is 42.5 Å². The van der Waals surface area contributed by atoms with Gasteiger partial charge >= 0.3 is 11.9 Å². The van der Waals surface area contributed by atoms with Crippen LogP contribution in [0.2, 0.25) is 0 Å². The Bertz CT molecular complexity index is 1040. The van der Waals surface area contributed by atoms with Crippen molar-refractivity contribution in [3.05, 3.63) is 52.9 Å². The largest absolute Gasteiger partial charge is 0.481 e. The Morgan fingerprint density at radius 2 is 1.74 bits per heavy atom. The highest BCUT2D eigenvalue weighted by molar-refractivity contribution is 7.17. The van der Waals surface area contributed by atoms with Gasteiger partial charge in [-0.25, -0.2) is 4.79 Å². The number of benzene rings is 1. The summed E-state index contributed by atoms with van der Waals surface area (Å²) in [4.78, 5) is 39.0. The molecule has 1 aromatic heterocycles. The van der Waals surface area contributed by atoms with Crippen LogP contribution in [0.3, 0.4) is 0 Å². The SMILES string of the molecule is CCc1sc(NC(=O)[C@@H]2[C@H](C(=O)O)[C@H]3C=C[C@H]2CC3)c(C(=O)OC)c1-c1ccccc1. The number of carbonyl (C=O) groups excluding carboxylic acids is 2. The zero-order chi connectivity index (χ0) is 22.1. The van der Waals surface area contributed by atoms with Crippen molar-refractivity contribution in [2.24, 2.45) is 23.7 Å². The maximum absolute atomic E-state index is 13.3. The molecular weight excluding hydrogens is 414 g/mol. The van der Waals surface area contributed by atoms with Gasteiger partial charge in [0, 0.05) is 10.4 Å². The number of ether oxygens (including phenoxy) is 1.